The molecule has 20 aromatic rings. The van der Waals surface area contributed by atoms with Gasteiger partial charge in [-0.3, -0.25) is 18.8 Å². The number of imidazole rings is 4. The van der Waals surface area contributed by atoms with Crippen molar-refractivity contribution in [3.8, 4) is 68.0 Å². The van der Waals surface area contributed by atoms with Gasteiger partial charge >= 0.3 is 134 Å². The summed E-state index contributed by atoms with van der Waals surface area (Å²) in [6.45, 7) is 26.1. The van der Waals surface area contributed by atoms with Crippen molar-refractivity contribution in [1.82, 2.24) is 37.5 Å². The van der Waals surface area contributed by atoms with Crippen LogP contribution in [0.15, 0.2) is 231 Å². The molecule has 0 spiro atoms. The third-order valence-electron chi connectivity index (χ3n) is 21.7. The smallest absolute Gasteiger partial charge is 2.00 e. The molecule has 0 saturated heterocycles. The third-order valence-corrected chi connectivity index (χ3v) is 21.7. The number of aromatic nitrogens is 8. The predicted molar refractivity (Wildman–Crippen MR) is 472 cm³/mol. The Balaban J connectivity index is 0.000000158. The van der Waals surface area contributed by atoms with Gasteiger partial charge in [-0.25, -0.2) is 9.97 Å². The van der Waals surface area contributed by atoms with E-state index in [1.807, 2.05) is 36.9 Å². The average Bonchev–Trinajstić information content (AvgIpc) is 1.56. The number of hydrogen-bond donors (Lipinski definition) is 0. The van der Waals surface area contributed by atoms with E-state index in [2.05, 4.69) is 307 Å². The van der Waals surface area contributed by atoms with E-state index < -0.39 is 11.9 Å². The molecule has 0 N–H and O–H groups in total. The summed E-state index contributed by atoms with van der Waals surface area (Å²) in [4.78, 5) is 20.2. The summed E-state index contributed by atoms with van der Waals surface area (Å²) in [7, 11) is 20.0. The molecule has 18 heteroatoms. The van der Waals surface area contributed by atoms with E-state index in [0.717, 1.165) is 133 Å². The normalized spacial score (nSPS) is 11.9. The van der Waals surface area contributed by atoms with Gasteiger partial charge in [-0.1, -0.05) is 189 Å². The quantitative estimate of drug-likeness (QED) is 0.0856. The maximum Gasteiger partial charge on any atom is 2.00 e. The van der Waals surface area contributed by atoms with E-state index in [1.54, 1.807) is 0 Å². The number of rotatable bonds is 8. The van der Waals surface area contributed by atoms with Crippen molar-refractivity contribution in [2.24, 2.45) is 0 Å². The summed E-state index contributed by atoms with van der Waals surface area (Å²) in [5.41, 5.74) is 32.2. The number of para-hydroxylation sites is 4. The van der Waals surface area contributed by atoms with Crippen molar-refractivity contribution in [3.05, 3.63) is 310 Å². The van der Waals surface area contributed by atoms with Crippen LogP contribution < -0.4 is 9.47 Å². The number of pyridine rings is 4. The second-order valence-electron chi connectivity index (χ2n) is 29.5. The van der Waals surface area contributed by atoms with Crippen molar-refractivity contribution in [3.63, 3.8) is 0 Å². The van der Waals surface area contributed by atoms with Gasteiger partial charge in [0.1, 0.15) is 22.8 Å². The van der Waals surface area contributed by atoms with Crippen molar-refractivity contribution in [1.29, 1.82) is 0 Å². The van der Waals surface area contributed by atoms with Crippen LogP contribution in [-0.2, 0) is 33.0 Å². The van der Waals surface area contributed by atoms with Gasteiger partial charge < -0.3 is 18.3 Å². The van der Waals surface area contributed by atoms with Crippen molar-refractivity contribution in [2.45, 2.75) is 83.1 Å². The monoisotopic (exact) mass is 1980 g/mol. The van der Waals surface area contributed by atoms with Gasteiger partial charge in [-0.2, -0.15) is 0 Å². The average molecular weight is 1980 g/mol. The predicted octanol–water partition coefficient (Wildman–Crippen LogP) is 26.7. The zero-order chi connectivity index (χ0) is 78.7. The Morgan fingerprint density at radius 2 is 0.535 bits per heavy atom. The molecule has 8 heterocycles. The maximum atomic E-state index is 6.73. The van der Waals surface area contributed by atoms with Crippen LogP contribution in [0.5, 0.6) is 23.0 Å². The summed E-state index contributed by atoms with van der Waals surface area (Å²) in [5, 5.41) is 13.0. The van der Waals surface area contributed by atoms with Gasteiger partial charge in [0, 0.05) is 78.7 Å². The summed E-state index contributed by atoms with van der Waals surface area (Å²) >= 11 is -0.556. The van der Waals surface area contributed by atoms with E-state index >= 15 is 0 Å². The molecule has 0 fully saturated rings. The molecule has 560 valence electrons. The SMILES string of the molecule is Cc1cc(C)c(-c2cnc3c4[c-]c(Oc5[c-]c6c(cc5)c5ccccc5n5c(-c7c(C)cc(C)cc7C)cnc65)ccc4c4ccccc4n23)c(C)c1.Cc1cc(C)c(-c2cnc3c4cc(Oc5ccc6c7ccccc7n7c(-c8c(C)cc(C)cc8C)cnc7c6c5)ccc4c4ccccc4n23)c(C)c1.[Cl][Pt]([Cl])([Cl])[Cl].[K][K].[Pt+2]. The van der Waals surface area contributed by atoms with Gasteiger partial charge in [0.2, 0.25) is 0 Å². The molecule has 0 unspecified atom stereocenters. The zero-order valence-electron chi connectivity index (χ0n) is 65.5. The number of benzene rings is 12. The standard InChI is InChI=1S/C48H38N4O.C48H36N4O.4ClH.2K.2Pt/c2*1-27-19-29(3)45(30(4)20-27)43-25-49-47-39-23-33(15-17-35(39)37-11-7-9-13-41(37)51(43)47)53-34-16-18-36-38-12-8-10-14-42(38)52-44(26-50-48(52)40(36)24-34)46-31(5)21-28(2)22-32(46)6;;;;;;;;/h7-26H,1-6H3;7-22,25-26H,1-6H3;4*1H;;;;/q;-2;;;;;;;+2;+4/p-4. The Kier molecular flexibility index (Phi) is 23.1. The Morgan fingerprint density at radius 1 is 0.289 bits per heavy atom. The fraction of sp³-hybridized carbons (Fsp3) is 0.125. The molecular weight excluding hydrogens is 1910 g/mol. The summed E-state index contributed by atoms with van der Waals surface area (Å²) in [6, 6.07) is 80.5. The minimum absolute atomic E-state index is 0. The van der Waals surface area contributed by atoms with Crippen LogP contribution in [0.2, 0.25) is 0 Å². The molecular formula is C96H74Cl4K2N8O2Pt2. The Labute approximate surface area is 740 Å². The van der Waals surface area contributed by atoms with Crippen LogP contribution in [0.1, 0.15) is 66.8 Å². The van der Waals surface area contributed by atoms with Crippen molar-refractivity contribution < 1.29 is 42.4 Å². The van der Waals surface area contributed by atoms with Crippen LogP contribution >= 0.6 is 37.7 Å². The van der Waals surface area contributed by atoms with E-state index in [0.29, 0.717) is 11.5 Å². The fourth-order valence-corrected chi connectivity index (χ4v) is 17.9. The fourth-order valence-electron chi connectivity index (χ4n) is 17.9. The minimum Gasteiger partial charge on any atom is 2.00 e. The molecule has 0 radical (unpaired) electrons. The molecule has 0 saturated carbocycles. The first-order valence-electron chi connectivity index (χ1n) is 37.8. The van der Waals surface area contributed by atoms with Crippen LogP contribution in [0, 0.1) is 95.2 Å². The summed E-state index contributed by atoms with van der Waals surface area (Å²) in [5.74, 6) is 2.72. The Hall–Kier alpha value is -7.11. The molecule has 10 nitrogen and oxygen atoms in total. The molecule has 0 amide bonds. The molecule has 0 atom stereocenters. The third kappa shape index (κ3) is 14.8. The molecule has 12 aromatic carbocycles. The van der Waals surface area contributed by atoms with E-state index in [4.69, 9.17) is 67.1 Å². The van der Waals surface area contributed by atoms with Crippen LogP contribution in [0.4, 0.5) is 0 Å². The molecule has 0 aliphatic carbocycles. The van der Waals surface area contributed by atoms with E-state index in [-0.39, 0.29) is 21.1 Å². The molecule has 8 aromatic heterocycles. The largest absolute Gasteiger partial charge is 2.00 e. The molecule has 0 aliphatic rings. The molecule has 0 bridgehead atoms. The van der Waals surface area contributed by atoms with Gasteiger partial charge in [0.15, 0.2) is 0 Å². The summed E-state index contributed by atoms with van der Waals surface area (Å²) in [6.07, 6.45) is 8.05. The number of ether oxygens (including phenoxy) is 2. The van der Waals surface area contributed by atoms with Crippen LogP contribution in [0.25, 0.3) is 154 Å². The first-order valence-corrected chi connectivity index (χ1v) is 65.0. The van der Waals surface area contributed by atoms with E-state index in [9.17, 15) is 0 Å². The first-order chi connectivity index (χ1) is 54.5. The van der Waals surface area contributed by atoms with Crippen LogP contribution in [0.3, 0.4) is 0 Å². The Morgan fingerprint density at radius 3 is 0.825 bits per heavy atom. The zero-order valence-corrected chi connectivity index (χ0v) is 79.3. The van der Waals surface area contributed by atoms with Gasteiger partial charge in [0.05, 0.1) is 57.5 Å². The number of aryl methyl sites for hydroxylation is 12. The van der Waals surface area contributed by atoms with Gasteiger partial charge in [-0.15, -0.1) is 12.1 Å². The second kappa shape index (κ2) is 32.7. The van der Waals surface area contributed by atoms with Crippen molar-refractivity contribution in [2.75, 3.05) is 0 Å². The first kappa shape index (κ1) is 80.7. The van der Waals surface area contributed by atoms with Crippen LogP contribution in [-0.4, -0.2) is 101 Å². The second-order valence-corrected chi connectivity index (χ2v) is 49.2. The van der Waals surface area contributed by atoms with Crippen molar-refractivity contribution >= 4 is 210 Å². The molecule has 0 aliphatic heterocycles. The molecule has 20 rings (SSSR count). The number of fused-ring (bicyclic) bond motifs is 24. The topological polar surface area (TPSA) is 87.7 Å². The maximum absolute atomic E-state index is 6.73. The number of nitrogens with zero attached hydrogens (tertiary/aromatic N) is 8. The molecule has 114 heavy (non-hydrogen) atoms. The Bertz CT molecular complexity index is 6400. The summed E-state index contributed by atoms with van der Waals surface area (Å²) < 4.78 is 22.5. The van der Waals surface area contributed by atoms with E-state index in [1.165, 1.54) is 163 Å². The minimum atomic E-state index is -3.06. The number of hydrogen-bond acceptors (Lipinski definition) is 6. The number of halogens is 4. The van der Waals surface area contributed by atoms with Gasteiger partial charge in [-0.05, 0) is 210 Å². The van der Waals surface area contributed by atoms with Gasteiger partial charge in [0.25, 0.3) is 0 Å².